The molecule has 0 bridgehead atoms. The number of hydrogen-bond acceptors (Lipinski definition) is 4. The predicted octanol–water partition coefficient (Wildman–Crippen LogP) is 4.18. The first kappa shape index (κ1) is 16.1. The maximum atomic E-state index is 13.6. The summed E-state index contributed by atoms with van der Waals surface area (Å²) in [6.45, 7) is 3.56. The number of halogens is 1. The largest absolute Gasteiger partial charge is 0.483 e. The van der Waals surface area contributed by atoms with E-state index in [0.717, 1.165) is 5.56 Å². The van der Waals surface area contributed by atoms with E-state index in [1.165, 1.54) is 17.4 Å². The average Bonchev–Trinajstić information content (AvgIpc) is 2.98. The Morgan fingerprint density at radius 3 is 2.92 bits per heavy atom. The lowest BCUT2D eigenvalue weighted by Crippen LogP contribution is -2.20. The van der Waals surface area contributed by atoms with Gasteiger partial charge in [-0.15, -0.1) is 6.58 Å². The highest BCUT2D eigenvalue weighted by molar-refractivity contribution is 7.22. The minimum absolute atomic E-state index is 0.146. The lowest BCUT2D eigenvalue weighted by atomic mass is 10.1. The van der Waals surface area contributed by atoms with Gasteiger partial charge >= 0.3 is 0 Å². The van der Waals surface area contributed by atoms with Crippen molar-refractivity contribution in [2.45, 2.75) is 6.42 Å². The molecule has 1 aromatic heterocycles. The lowest BCUT2D eigenvalue weighted by molar-refractivity contribution is -0.118. The Bertz CT molecular complexity index is 892. The van der Waals surface area contributed by atoms with Gasteiger partial charge in [-0.1, -0.05) is 41.7 Å². The van der Waals surface area contributed by atoms with Crippen molar-refractivity contribution in [1.29, 1.82) is 0 Å². The van der Waals surface area contributed by atoms with E-state index in [4.69, 9.17) is 4.74 Å². The molecule has 0 unspecified atom stereocenters. The number of amides is 1. The molecule has 0 radical (unpaired) electrons. The minimum atomic E-state index is -0.404. The van der Waals surface area contributed by atoms with E-state index in [0.29, 0.717) is 22.0 Å². The van der Waals surface area contributed by atoms with Crippen LogP contribution < -0.4 is 10.1 Å². The normalized spacial score (nSPS) is 10.5. The van der Waals surface area contributed by atoms with Crippen LogP contribution in [0.3, 0.4) is 0 Å². The van der Waals surface area contributed by atoms with E-state index in [2.05, 4.69) is 16.9 Å². The summed E-state index contributed by atoms with van der Waals surface area (Å²) in [7, 11) is 0. The Morgan fingerprint density at radius 1 is 1.29 bits per heavy atom. The molecule has 0 fully saturated rings. The van der Waals surface area contributed by atoms with Crippen LogP contribution >= 0.6 is 11.3 Å². The number of thiazole rings is 1. The Morgan fingerprint density at radius 2 is 2.12 bits per heavy atom. The first-order valence-electron chi connectivity index (χ1n) is 7.34. The van der Waals surface area contributed by atoms with Gasteiger partial charge in [0.1, 0.15) is 17.1 Å². The van der Waals surface area contributed by atoms with Crippen molar-refractivity contribution < 1.29 is 13.9 Å². The van der Waals surface area contributed by atoms with Gasteiger partial charge in [0, 0.05) is 0 Å². The summed E-state index contributed by atoms with van der Waals surface area (Å²) in [5, 5.41) is 2.99. The standard InChI is InChI=1S/C18H15FN2O2S/c1-2-6-12-7-3-4-9-14(12)23-11-16(22)20-18-21-17-13(19)8-5-10-15(17)24-18/h2-5,7-10H,1,6,11H2,(H,20,21,22). The number of carbonyl (C=O) groups is 1. The highest BCUT2D eigenvalue weighted by Gasteiger charge is 2.11. The molecule has 1 N–H and O–H groups in total. The molecule has 0 atom stereocenters. The summed E-state index contributed by atoms with van der Waals surface area (Å²) in [6, 6.07) is 12.2. The number of carbonyl (C=O) groups excluding carboxylic acids is 1. The number of nitrogens with one attached hydrogen (secondary N) is 1. The molecular weight excluding hydrogens is 327 g/mol. The van der Waals surface area contributed by atoms with E-state index in [9.17, 15) is 9.18 Å². The molecule has 122 valence electrons. The van der Waals surface area contributed by atoms with Crippen molar-refractivity contribution in [3.63, 3.8) is 0 Å². The summed E-state index contributed by atoms with van der Waals surface area (Å²) in [5.41, 5.74) is 1.22. The molecule has 2 aromatic carbocycles. The molecule has 0 spiro atoms. The van der Waals surface area contributed by atoms with Crippen LogP contribution in [-0.4, -0.2) is 17.5 Å². The van der Waals surface area contributed by atoms with Crippen LogP contribution in [0.25, 0.3) is 10.2 Å². The van der Waals surface area contributed by atoms with Crippen molar-refractivity contribution in [3.8, 4) is 5.75 Å². The number of aromatic nitrogens is 1. The van der Waals surface area contributed by atoms with Gasteiger partial charge in [-0.2, -0.15) is 0 Å². The Balaban J connectivity index is 1.65. The Hall–Kier alpha value is -2.73. The molecule has 0 aliphatic heterocycles. The number of anilines is 1. The van der Waals surface area contributed by atoms with Gasteiger partial charge in [0.2, 0.25) is 0 Å². The van der Waals surface area contributed by atoms with Gasteiger partial charge in [0.25, 0.3) is 5.91 Å². The van der Waals surface area contributed by atoms with Crippen LogP contribution in [0.4, 0.5) is 9.52 Å². The summed E-state index contributed by atoms with van der Waals surface area (Å²) in [6.07, 6.45) is 2.44. The SMILES string of the molecule is C=CCc1ccccc1OCC(=O)Nc1nc2c(F)cccc2s1. The third-order valence-corrected chi connectivity index (χ3v) is 4.25. The highest BCUT2D eigenvalue weighted by atomic mass is 32.1. The molecule has 0 aliphatic carbocycles. The number of para-hydroxylation sites is 2. The molecule has 1 amide bonds. The van der Waals surface area contributed by atoms with Gasteiger partial charge < -0.3 is 4.74 Å². The third kappa shape index (κ3) is 3.60. The second-order valence-electron chi connectivity index (χ2n) is 5.04. The Kier molecular flexibility index (Phi) is 4.86. The van der Waals surface area contributed by atoms with Crippen LogP contribution in [0, 0.1) is 5.82 Å². The number of rotatable bonds is 6. The zero-order chi connectivity index (χ0) is 16.9. The number of ether oxygens (including phenoxy) is 1. The van der Waals surface area contributed by atoms with Gasteiger partial charge in [-0.25, -0.2) is 9.37 Å². The summed E-state index contributed by atoms with van der Waals surface area (Å²) in [4.78, 5) is 16.1. The lowest BCUT2D eigenvalue weighted by Gasteiger charge is -2.09. The molecule has 0 aliphatic rings. The zero-order valence-electron chi connectivity index (χ0n) is 12.8. The van der Waals surface area contributed by atoms with E-state index < -0.39 is 5.82 Å². The van der Waals surface area contributed by atoms with Crippen LogP contribution in [-0.2, 0) is 11.2 Å². The summed E-state index contributed by atoms with van der Waals surface area (Å²) >= 11 is 1.22. The maximum absolute atomic E-state index is 13.6. The second kappa shape index (κ2) is 7.23. The molecule has 1 heterocycles. The van der Waals surface area contributed by atoms with E-state index in [1.54, 1.807) is 24.3 Å². The van der Waals surface area contributed by atoms with Crippen LogP contribution in [0.15, 0.2) is 55.1 Å². The molecule has 3 aromatic rings. The smallest absolute Gasteiger partial charge is 0.264 e. The van der Waals surface area contributed by atoms with Gasteiger partial charge in [0.05, 0.1) is 4.70 Å². The molecule has 3 rings (SSSR count). The zero-order valence-corrected chi connectivity index (χ0v) is 13.6. The van der Waals surface area contributed by atoms with Crippen molar-refractivity contribution in [3.05, 3.63) is 66.5 Å². The van der Waals surface area contributed by atoms with E-state index in [1.807, 2.05) is 18.2 Å². The first-order valence-corrected chi connectivity index (χ1v) is 8.15. The number of fused-ring (bicyclic) bond motifs is 1. The topological polar surface area (TPSA) is 51.2 Å². The number of nitrogens with zero attached hydrogens (tertiary/aromatic N) is 1. The van der Waals surface area contributed by atoms with Gasteiger partial charge in [-0.3, -0.25) is 10.1 Å². The summed E-state index contributed by atoms with van der Waals surface area (Å²) < 4.78 is 19.9. The predicted molar refractivity (Wildman–Crippen MR) is 94.0 cm³/mol. The quantitative estimate of drug-likeness (QED) is 0.684. The van der Waals surface area contributed by atoms with Crippen molar-refractivity contribution in [2.24, 2.45) is 0 Å². The van der Waals surface area contributed by atoms with Crippen molar-refractivity contribution in [1.82, 2.24) is 4.98 Å². The van der Waals surface area contributed by atoms with Crippen LogP contribution in [0.5, 0.6) is 5.75 Å². The molecule has 0 saturated carbocycles. The fraction of sp³-hybridized carbons (Fsp3) is 0.111. The highest BCUT2D eigenvalue weighted by Crippen LogP contribution is 2.27. The van der Waals surface area contributed by atoms with E-state index in [-0.39, 0.29) is 18.0 Å². The van der Waals surface area contributed by atoms with Gasteiger partial charge in [-0.05, 0) is 30.2 Å². The summed E-state index contributed by atoms with van der Waals surface area (Å²) in [5.74, 6) is -0.107. The minimum Gasteiger partial charge on any atom is -0.483 e. The molecule has 6 heteroatoms. The van der Waals surface area contributed by atoms with Crippen LogP contribution in [0.1, 0.15) is 5.56 Å². The van der Waals surface area contributed by atoms with Crippen LogP contribution in [0.2, 0.25) is 0 Å². The molecular formula is C18H15FN2O2S. The number of benzene rings is 2. The van der Waals surface area contributed by atoms with E-state index >= 15 is 0 Å². The average molecular weight is 342 g/mol. The first-order chi connectivity index (χ1) is 11.7. The monoisotopic (exact) mass is 342 g/mol. The maximum Gasteiger partial charge on any atom is 0.264 e. The molecule has 24 heavy (non-hydrogen) atoms. The number of hydrogen-bond donors (Lipinski definition) is 1. The van der Waals surface area contributed by atoms with Crippen molar-refractivity contribution in [2.75, 3.05) is 11.9 Å². The molecule has 0 saturated heterocycles. The number of allylic oxidation sites excluding steroid dienone is 1. The second-order valence-corrected chi connectivity index (χ2v) is 6.07. The fourth-order valence-electron chi connectivity index (χ4n) is 2.24. The third-order valence-electron chi connectivity index (χ3n) is 3.31. The molecule has 4 nitrogen and oxygen atoms in total. The van der Waals surface area contributed by atoms with Crippen molar-refractivity contribution >= 4 is 32.6 Å². The Labute approximate surface area is 142 Å². The van der Waals surface area contributed by atoms with Gasteiger partial charge in [0.15, 0.2) is 11.7 Å². The fourth-order valence-corrected chi connectivity index (χ4v) is 3.13.